The summed E-state index contributed by atoms with van der Waals surface area (Å²) in [6.45, 7) is 5.00. The first-order chi connectivity index (χ1) is 16.9. The maximum Gasteiger partial charge on any atom is 0.243 e. The van der Waals surface area contributed by atoms with Gasteiger partial charge < -0.3 is 10.2 Å². The Kier molecular flexibility index (Phi) is 10.2. The molecule has 0 fully saturated rings. The molecule has 184 valence electrons. The predicted molar refractivity (Wildman–Crippen MR) is 144 cm³/mol. The van der Waals surface area contributed by atoms with Gasteiger partial charge in [0, 0.05) is 29.6 Å². The number of amides is 2. The van der Waals surface area contributed by atoms with Gasteiger partial charge in [0.15, 0.2) is 0 Å². The number of hydrogen-bond donors (Lipinski definition) is 1. The Hall–Kier alpha value is -2.82. The van der Waals surface area contributed by atoms with Crippen LogP contribution in [0.2, 0.25) is 10.0 Å². The van der Waals surface area contributed by atoms with Crippen molar-refractivity contribution in [2.75, 3.05) is 6.54 Å². The van der Waals surface area contributed by atoms with Crippen molar-refractivity contribution in [2.24, 2.45) is 0 Å². The van der Waals surface area contributed by atoms with Gasteiger partial charge in [0.25, 0.3) is 0 Å². The largest absolute Gasteiger partial charge is 0.354 e. The standard InChI is InChI=1S/C29H32Cl2N2O2/c1-3-4-15-32-29(35)27(17-22-10-6-5-7-11-22)33(20-23-12-8-9-21(2)16-23)28(34)18-24-13-14-25(30)19-26(24)31/h5-14,16,19,27H,3-4,15,17-18,20H2,1-2H3,(H,32,35)/t27-/m0/s1. The van der Waals surface area contributed by atoms with Gasteiger partial charge in [-0.15, -0.1) is 0 Å². The molecule has 0 unspecified atom stereocenters. The number of aryl methyl sites for hydroxylation is 1. The molecule has 0 saturated heterocycles. The van der Waals surface area contributed by atoms with Crippen molar-refractivity contribution in [1.82, 2.24) is 10.2 Å². The van der Waals surface area contributed by atoms with Gasteiger partial charge in [-0.05, 0) is 42.2 Å². The molecule has 0 aromatic heterocycles. The van der Waals surface area contributed by atoms with Gasteiger partial charge in [0.05, 0.1) is 6.42 Å². The van der Waals surface area contributed by atoms with E-state index in [2.05, 4.69) is 12.2 Å². The van der Waals surface area contributed by atoms with Crippen LogP contribution in [0.1, 0.15) is 42.0 Å². The second-order valence-corrected chi connectivity index (χ2v) is 9.62. The van der Waals surface area contributed by atoms with Crippen LogP contribution in [0.3, 0.4) is 0 Å². The van der Waals surface area contributed by atoms with Crippen LogP contribution >= 0.6 is 23.2 Å². The van der Waals surface area contributed by atoms with E-state index in [0.29, 0.717) is 35.1 Å². The minimum atomic E-state index is -0.659. The third-order valence-corrected chi connectivity index (χ3v) is 6.48. The van der Waals surface area contributed by atoms with Gasteiger partial charge in [-0.1, -0.05) is 103 Å². The van der Waals surface area contributed by atoms with Crippen LogP contribution in [0.4, 0.5) is 0 Å². The van der Waals surface area contributed by atoms with Crippen LogP contribution in [0.15, 0.2) is 72.8 Å². The Balaban J connectivity index is 1.96. The minimum absolute atomic E-state index is 0.0787. The molecule has 0 radical (unpaired) electrons. The fourth-order valence-corrected chi connectivity index (χ4v) is 4.47. The first-order valence-corrected chi connectivity index (χ1v) is 12.7. The number of halogens is 2. The Morgan fingerprint density at radius 1 is 0.943 bits per heavy atom. The maximum atomic E-state index is 13.8. The summed E-state index contributed by atoms with van der Waals surface area (Å²) in [6.07, 6.45) is 2.36. The van der Waals surface area contributed by atoms with E-state index in [1.807, 2.05) is 61.5 Å². The topological polar surface area (TPSA) is 49.4 Å². The maximum absolute atomic E-state index is 13.8. The summed E-state index contributed by atoms with van der Waals surface area (Å²) in [5, 5.41) is 4.00. The molecule has 0 bridgehead atoms. The minimum Gasteiger partial charge on any atom is -0.354 e. The first-order valence-electron chi connectivity index (χ1n) is 12.0. The average molecular weight is 511 g/mol. The normalized spacial score (nSPS) is 11.7. The molecule has 0 aliphatic rings. The van der Waals surface area contributed by atoms with Crippen molar-refractivity contribution in [3.05, 3.63) is 105 Å². The number of benzene rings is 3. The van der Waals surface area contributed by atoms with Gasteiger partial charge in [-0.2, -0.15) is 0 Å². The summed E-state index contributed by atoms with van der Waals surface area (Å²) in [7, 11) is 0. The summed E-state index contributed by atoms with van der Waals surface area (Å²) in [4.78, 5) is 28.9. The lowest BCUT2D eigenvalue weighted by molar-refractivity contribution is -0.140. The van der Waals surface area contributed by atoms with Gasteiger partial charge in [-0.25, -0.2) is 0 Å². The summed E-state index contributed by atoms with van der Waals surface area (Å²) in [6, 6.07) is 22.3. The molecule has 3 aromatic rings. The van der Waals surface area contributed by atoms with E-state index in [9.17, 15) is 9.59 Å². The number of nitrogens with one attached hydrogen (secondary N) is 1. The molecule has 4 nitrogen and oxygen atoms in total. The summed E-state index contributed by atoms with van der Waals surface area (Å²) >= 11 is 12.4. The molecule has 0 aliphatic heterocycles. The van der Waals surface area contributed by atoms with E-state index in [0.717, 1.165) is 29.5 Å². The SMILES string of the molecule is CCCCNC(=O)[C@H](Cc1ccccc1)N(Cc1cccc(C)c1)C(=O)Cc1ccc(Cl)cc1Cl. The molecular formula is C29H32Cl2N2O2. The molecule has 2 amide bonds. The van der Waals surface area contributed by atoms with Crippen molar-refractivity contribution in [1.29, 1.82) is 0 Å². The molecule has 0 spiro atoms. The average Bonchev–Trinajstić information content (AvgIpc) is 2.84. The Labute approximate surface area is 218 Å². The highest BCUT2D eigenvalue weighted by molar-refractivity contribution is 6.35. The van der Waals surface area contributed by atoms with Gasteiger partial charge in [0.2, 0.25) is 11.8 Å². The van der Waals surface area contributed by atoms with Crippen molar-refractivity contribution in [2.45, 2.75) is 52.1 Å². The second kappa shape index (κ2) is 13.3. The van der Waals surface area contributed by atoms with E-state index in [4.69, 9.17) is 23.2 Å². The van der Waals surface area contributed by atoms with E-state index in [1.54, 1.807) is 23.1 Å². The second-order valence-electron chi connectivity index (χ2n) is 8.77. The molecule has 0 aliphatic carbocycles. The van der Waals surface area contributed by atoms with Crippen LogP contribution in [0, 0.1) is 6.92 Å². The highest BCUT2D eigenvalue weighted by Gasteiger charge is 2.30. The fourth-order valence-electron chi connectivity index (χ4n) is 4.00. The van der Waals surface area contributed by atoms with E-state index in [-0.39, 0.29) is 18.2 Å². The zero-order chi connectivity index (χ0) is 25.2. The van der Waals surface area contributed by atoms with Crippen molar-refractivity contribution in [3.8, 4) is 0 Å². The fraction of sp³-hybridized carbons (Fsp3) is 0.310. The van der Waals surface area contributed by atoms with Crippen molar-refractivity contribution in [3.63, 3.8) is 0 Å². The van der Waals surface area contributed by atoms with Crippen molar-refractivity contribution >= 4 is 35.0 Å². The Morgan fingerprint density at radius 2 is 1.69 bits per heavy atom. The number of hydrogen-bond acceptors (Lipinski definition) is 2. The van der Waals surface area contributed by atoms with Gasteiger partial charge >= 0.3 is 0 Å². The third kappa shape index (κ3) is 8.12. The van der Waals surface area contributed by atoms with E-state index >= 15 is 0 Å². The highest BCUT2D eigenvalue weighted by Crippen LogP contribution is 2.23. The smallest absolute Gasteiger partial charge is 0.243 e. The molecule has 0 heterocycles. The zero-order valence-electron chi connectivity index (χ0n) is 20.3. The van der Waals surface area contributed by atoms with E-state index in [1.165, 1.54) is 0 Å². The lowest BCUT2D eigenvalue weighted by atomic mass is 10.0. The van der Waals surface area contributed by atoms with Crippen LogP contribution in [-0.4, -0.2) is 29.3 Å². The summed E-state index contributed by atoms with van der Waals surface area (Å²) < 4.78 is 0. The van der Waals surface area contributed by atoms with Crippen LogP contribution < -0.4 is 5.32 Å². The number of nitrogens with zero attached hydrogens (tertiary/aromatic N) is 1. The van der Waals surface area contributed by atoms with Crippen LogP contribution in [-0.2, 0) is 29.0 Å². The summed E-state index contributed by atoms with van der Waals surface area (Å²) in [5.74, 6) is -0.312. The summed E-state index contributed by atoms with van der Waals surface area (Å²) in [5.41, 5.74) is 3.75. The number of unbranched alkanes of at least 4 members (excludes halogenated alkanes) is 1. The van der Waals surface area contributed by atoms with Gasteiger partial charge in [0.1, 0.15) is 6.04 Å². The lowest BCUT2D eigenvalue weighted by Crippen LogP contribution is -2.51. The van der Waals surface area contributed by atoms with Crippen LogP contribution in [0.25, 0.3) is 0 Å². The molecule has 3 aromatic carbocycles. The van der Waals surface area contributed by atoms with Crippen LogP contribution in [0.5, 0.6) is 0 Å². The molecule has 35 heavy (non-hydrogen) atoms. The number of rotatable bonds is 11. The quantitative estimate of drug-likeness (QED) is 0.303. The first kappa shape index (κ1) is 26.8. The molecule has 0 saturated carbocycles. The molecule has 6 heteroatoms. The molecule has 1 N–H and O–H groups in total. The lowest BCUT2D eigenvalue weighted by Gasteiger charge is -2.32. The van der Waals surface area contributed by atoms with Gasteiger partial charge in [-0.3, -0.25) is 9.59 Å². The Morgan fingerprint density at radius 3 is 2.37 bits per heavy atom. The zero-order valence-corrected chi connectivity index (χ0v) is 21.8. The monoisotopic (exact) mass is 510 g/mol. The number of carbonyl (C=O) groups excluding carboxylic acids is 2. The predicted octanol–water partition coefficient (Wildman–Crippen LogP) is 6.40. The third-order valence-electron chi connectivity index (χ3n) is 5.89. The van der Waals surface area contributed by atoms with E-state index < -0.39 is 6.04 Å². The molecule has 3 rings (SSSR count). The number of carbonyl (C=O) groups is 2. The molecular weight excluding hydrogens is 479 g/mol. The highest BCUT2D eigenvalue weighted by atomic mass is 35.5. The molecule has 1 atom stereocenters. The Bertz CT molecular complexity index is 1130. The van der Waals surface area contributed by atoms with Crippen molar-refractivity contribution < 1.29 is 9.59 Å².